The van der Waals surface area contributed by atoms with Gasteiger partial charge in [0.2, 0.25) is 23.6 Å². The number of rotatable bonds is 16. The molecular formula is C27H41ClN4O4S2. The summed E-state index contributed by atoms with van der Waals surface area (Å²) < 4.78 is 0. The second-order valence-corrected chi connectivity index (χ2v) is 13.1. The Kier molecular flexibility index (Phi) is 15.0. The van der Waals surface area contributed by atoms with Crippen molar-refractivity contribution in [3.05, 3.63) is 34.9 Å². The Morgan fingerprint density at radius 3 is 2.37 bits per heavy atom. The molecule has 3 atom stereocenters. The normalized spacial score (nSPS) is 16.5. The van der Waals surface area contributed by atoms with Gasteiger partial charge in [0.25, 0.3) is 0 Å². The Morgan fingerprint density at radius 2 is 1.74 bits per heavy atom. The van der Waals surface area contributed by atoms with Crippen LogP contribution in [-0.4, -0.2) is 59.8 Å². The minimum Gasteiger partial charge on any atom is -0.356 e. The smallest absolute Gasteiger partial charge is 0.243 e. The van der Waals surface area contributed by atoms with Gasteiger partial charge in [0.15, 0.2) is 0 Å². The number of hydrogen-bond donors (Lipinski definition) is 4. The van der Waals surface area contributed by atoms with Crippen LogP contribution in [0.15, 0.2) is 24.3 Å². The summed E-state index contributed by atoms with van der Waals surface area (Å²) in [5.74, 6) is -0.112. The van der Waals surface area contributed by atoms with E-state index in [4.69, 9.17) is 11.6 Å². The zero-order valence-corrected chi connectivity index (χ0v) is 24.9. The molecule has 0 radical (unpaired) electrons. The van der Waals surface area contributed by atoms with Crippen LogP contribution in [0.1, 0.15) is 64.9 Å². The van der Waals surface area contributed by atoms with E-state index in [1.807, 2.05) is 54.5 Å². The van der Waals surface area contributed by atoms with E-state index in [2.05, 4.69) is 21.3 Å². The fraction of sp³-hybridized carbons (Fsp3) is 0.630. The standard InChI is InChI=1S/C27H41ClN4O4S2/c1-4-29-24(34)16-21(15-19-9-11-20(28)12-10-19)31-27(36)26(18(2)3)32-25(35)17-30-23(33)8-6-5-7-22-13-14-37-38-22/h9-12,18,21-22,26H,4-8,13-17H2,1-3H3,(H,29,34)(H,30,33)(H,31,36)(H,32,35)/t21-,22?,26-/m0/s1. The van der Waals surface area contributed by atoms with Crippen molar-refractivity contribution in [2.75, 3.05) is 18.8 Å². The van der Waals surface area contributed by atoms with Gasteiger partial charge in [-0.05, 0) is 56.2 Å². The second kappa shape index (κ2) is 17.6. The molecule has 8 nitrogen and oxygen atoms in total. The van der Waals surface area contributed by atoms with Gasteiger partial charge in [-0.15, -0.1) is 0 Å². The summed E-state index contributed by atoms with van der Waals surface area (Å²) >= 11 is 5.98. The molecule has 1 unspecified atom stereocenters. The Labute approximate surface area is 239 Å². The van der Waals surface area contributed by atoms with Gasteiger partial charge in [-0.2, -0.15) is 0 Å². The molecule has 1 saturated heterocycles. The van der Waals surface area contributed by atoms with Crippen LogP contribution >= 0.6 is 33.2 Å². The third kappa shape index (κ3) is 12.8. The lowest BCUT2D eigenvalue weighted by molar-refractivity contribution is -0.131. The van der Waals surface area contributed by atoms with Crippen LogP contribution in [0, 0.1) is 5.92 Å². The highest BCUT2D eigenvalue weighted by atomic mass is 35.5. The lowest BCUT2D eigenvalue weighted by Crippen LogP contribution is -2.54. The van der Waals surface area contributed by atoms with Crippen LogP contribution in [0.5, 0.6) is 0 Å². The molecule has 0 saturated carbocycles. The molecule has 1 heterocycles. The topological polar surface area (TPSA) is 116 Å². The van der Waals surface area contributed by atoms with Crippen molar-refractivity contribution >= 4 is 56.8 Å². The van der Waals surface area contributed by atoms with Crippen molar-refractivity contribution in [1.29, 1.82) is 0 Å². The molecule has 11 heteroatoms. The molecule has 2 rings (SSSR count). The first kappa shape index (κ1) is 32.3. The van der Waals surface area contributed by atoms with Crippen LogP contribution in [0.25, 0.3) is 0 Å². The zero-order chi connectivity index (χ0) is 27.9. The summed E-state index contributed by atoms with van der Waals surface area (Å²) in [6.07, 6.45) is 5.09. The van der Waals surface area contributed by atoms with Crippen molar-refractivity contribution in [2.24, 2.45) is 5.92 Å². The van der Waals surface area contributed by atoms with Crippen molar-refractivity contribution in [2.45, 2.75) is 83.1 Å². The summed E-state index contributed by atoms with van der Waals surface area (Å²) in [5, 5.41) is 12.4. The van der Waals surface area contributed by atoms with Crippen molar-refractivity contribution in [3.8, 4) is 0 Å². The molecule has 1 aromatic carbocycles. The number of carbonyl (C=O) groups is 4. The molecule has 4 N–H and O–H groups in total. The third-order valence-corrected chi connectivity index (χ3v) is 9.43. The molecule has 212 valence electrons. The third-order valence-electron chi connectivity index (χ3n) is 6.17. The number of unbranched alkanes of at least 4 members (excludes halogenated alkanes) is 1. The molecule has 1 aliphatic heterocycles. The van der Waals surface area contributed by atoms with E-state index >= 15 is 0 Å². The highest BCUT2D eigenvalue weighted by Gasteiger charge is 2.27. The molecule has 4 amide bonds. The Balaban J connectivity index is 1.84. The highest BCUT2D eigenvalue weighted by molar-refractivity contribution is 8.77. The maximum absolute atomic E-state index is 13.2. The van der Waals surface area contributed by atoms with E-state index in [-0.39, 0.29) is 36.6 Å². The number of hydrogen-bond acceptors (Lipinski definition) is 6. The zero-order valence-electron chi connectivity index (χ0n) is 22.5. The molecule has 1 aromatic rings. The number of nitrogens with one attached hydrogen (secondary N) is 4. The van der Waals surface area contributed by atoms with Crippen LogP contribution in [-0.2, 0) is 25.6 Å². The lowest BCUT2D eigenvalue weighted by atomic mass is 9.99. The Morgan fingerprint density at radius 1 is 1.00 bits per heavy atom. The minimum atomic E-state index is -0.803. The van der Waals surface area contributed by atoms with Gasteiger partial charge in [-0.25, -0.2) is 0 Å². The largest absolute Gasteiger partial charge is 0.356 e. The first-order valence-electron chi connectivity index (χ1n) is 13.3. The Hall–Kier alpha value is -1.91. The quantitative estimate of drug-likeness (QED) is 0.173. The van der Waals surface area contributed by atoms with E-state index < -0.39 is 18.0 Å². The summed E-state index contributed by atoms with van der Waals surface area (Å²) in [7, 11) is 3.86. The summed E-state index contributed by atoms with van der Waals surface area (Å²) in [6, 6.07) is 5.98. The number of benzene rings is 1. The number of halogens is 1. The predicted molar refractivity (Wildman–Crippen MR) is 157 cm³/mol. The van der Waals surface area contributed by atoms with Gasteiger partial charge in [-0.1, -0.05) is 65.6 Å². The molecular weight excluding hydrogens is 544 g/mol. The van der Waals surface area contributed by atoms with Gasteiger partial charge in [-0.3, -0.25) is 19.2 Å². The van der Waals surface area contributed by atoms with Crippen molar-refractivity contribution in [1.82, 2.24) is 21.3 Å². The fourth-order valence-electron chi connectivity index (χ4n) is 4.11. The van der Waals surface area contributed by atoms with Gasteiger partial charge < -0.3 is 21.3 Å². The molecule has 1 fully saturated rings. The summed E-state index contributed by atoms with van der Waals surface area (Å²) in [4.78, 5) is 50.2. The average molecular weight is 585 g/mol. The van der Waals surface area contributed by atoms with Crippen molar-refractivity contribution in [3.63, 3.8) is 0 Å². The van der Waals surface area contributed by atoms with Crippen molar-refractivity contribution < 1.29 is 19.2 Å². The van der Waals surface area contributed by atoms with Crippen LogP contribution in [0.4, 0.5) is 0 Å². The lowest BCUT2D eigenvalue weighted by Gasteiger charge is -2.25. The minimum absolute atomic E-state index is 0.106. The summed E-state index contributed by atoms with van der Waals surface area (Å²) in [6.45, 7) is 5.82. The van der Waals surface area contributed by atoms with E-state index in [0.29, 0.717) is 29.7 Å². The molecule has 0 aliphatic carbocycles. The van der Waals surface area contributed by atoms with Crippen LogP contribution < -0.4 is 21.3 Å². The monoisotopic (exact) mass is 584 g/mol. The predicted octanol–water partition coefficient (Wildman–Crippen LogP) is 3.86. The number of carbonyl (C=O) groups excluding carboxylic acids is 4. The van der Waals surface area contributed by atoms with E-state index in [1.54, 1.807) is 12.1 Å². The highest BCUT2D eigenvalue weighted by Crippen LogP contribution is 2.39. The average Bonchev–Trinajstić information content (AvgIpc) is 3.38. The van der Waals surface area contributed by atoms with Gasteiger partial charge in [0.1, 0.15) is 6.04 Å². The van der Waals surface area contributed by atoms with Gasteiger partial charge >= 0.3 is 0 Å². The molecule has 0 aromatic heterocycles. The Bertz CT molecular complexity index is 911. The van der Waals surface area contributed by atoms with E-state index in [9.17, 15) is 19.2 Å². The van der Waals surface area contributed by atoms with Gasteiger partial charge in [0, 0.05) is 41.5 Å². The fourth-order valence-corrected chi connectivity index (χ4v) is 7.27. The molecule has 0 bridgehead atoms. The van der Waals surface area contributed by atoms with Gasteiger partial charge in [0.05, 0.1) is 6.54 Å². The van der Waals surface area contributed by atoms with E-state index in [1.165, 1.54) is 12.2 Å². The maximum Gasteiger partial charge on any atom is 0.243 e. The first-order chi connectivity index (χ1) is 18.2. The number of amides is 4. The van der Waals surface area contributed by atoms with Crippen LogP contribution in [0.3, 0.4) is 0 Å². The van der Waals surface area contributed by atoms with Crippen LogP contribution in [0.2, 0.25) is 5.02 Å². The molecule has 38 heavy (non-hydrogen) atoms. The first-order valence-corrected chi connectivity index (χ1v) is 16.1. The maximum atomic E-state index is 13.2. The SMILES string of the molecule is CCNC(=O)C[C@H](Cc1ccc(Cl)cc1)NC(=O)[C@@H](NC(=O)CNC(=O)CCCCC1CCSS1)C(C)C. The van der Waals surface area contributed by atoms with E-state index in [0.717, 1.165) is 24.8 Å². The second-order valence-electron chi connectivity index (χ2n) is 9.83. The molecule has 1 aliphatic rings. The summed E-state index contributed by atoms with van der Waals surface area (Å²) in [5.41, 5.74) is 0.928. The molecule has 0 spiro atoms.